The van der Waals surface area contributed by atoms with Gasteiger partial charge in [-0.2, -0.15) is 0 Å². The van der Waals surface area contributed by atoms with E-state index in [1.54, 1.807) is 23.1 Å². The van der Waals surface area contributed by atoms with Gasteiger partial charge in [-0.05, 0) is 43.0 Å². The Bertz CT molecular complexity index is 688. The maximum absolute atomic E-state index is 13.1. The van der Waals surface area contributed by atoms with Gasteiger partial charge in [0.15, 0.2) is 0 Å². The second-order valence-corrected chi connectivity index (χ2v) is 7.52. The number of hydrogen-bond donors (Lipinski definition) is 1. The van der Waals surface area contributed by atoms with Gasteiger partial charge in [0.2, 0.25) is 15.9 Å². The first kappa shape index (κ1) is 17.6. The first-order chi connectivity index (χ1) is 10.8. The molecule has 1 heterocycles. The lowest BCUT2D eigenvalue weighted by Gasteiger charge is -2.35. The number of nitrogens with one attached hydrogen (secondary N) is 1. The second kappa shape index (κ2) is 7.70. The van der Waals surface area contributed by atoms with Crippen molar-refractivity contribution in [2.75, 3.05) is 19.3 Å². The van der Waals surface area contributed by atoms with E-state index in [0.29, 0.717) is 12.1 Å². The fraction of sp³-hybridized carbons (Fsp3) is 0.438. The molecular formula is C16H21FN2O3S. The Balaban J connectivity index is 2.03. The summed E-state index contributed by atoms with van der Waals surface area (Å²) in [6.07, 6.45) is 6.71. The molecule has 1 aliphatic heterocycles. The Labute approximate surface area is 136 Å². The van der Waals surface area contributed by atoms with Gasteiger partial charge in [0, 0.05) is 25.2 Å². The number of hydrogen-bond acceptors (Lipinski definition) is 3. The zero-order valence-electron chi connectivity index (χ0n) is 13.0. The number of rotatable bonds is 5. The van der Waals surface area contributed by atoms with Crippen LogP contribution in [0.4, 0.5) is 4.39 Å². The number of benzene rings is 1. The third-order valence-corrected chi connectivity index (χ3v) is 4.45. The third kappa shape index (κ3) is 5.76. The van der Waals surface area contributed by atoms with E-state index in [1.165, 1.54) is 18.2 Å². The Morgan fingerprint density at radius 1 is 1.43 bits per heavy atom. The normalized spacial score (nSPS) is 19.2. The summed E-state index contributed by atoms with van der Waals surface area (Å²) in [6, 6.07) is 5.84. The topological polar surface area (TPSA) is 66.5 Å². The smallest absolute Gasteiger partial charge is 0.246 e. The van der Waals surface area contributed by atoms with Gasteiger partial charge in [-0.25, -0.2) is 17.5 Å². The average Bonchev–Trinajstić information content (AvgIpc) is 2.50. The van der Waals surface area contributed by atoms with Crippen LogP contribution >= 0.6 is 0 Å². The van der Waals surface area contributed by atoms with Crippen molar-refractivity contribution >= 4 is 22.0 Å². The highest BCUT2D eigenvalue weighted by Crippen LogP contribution is 2.17. The molecule has 1 N–H and O–H groups in total. The summed E-state index contributed by atoms with van der Waals surface area (Å²) < 4.78 is 38.0. The number of nitrogens with zero attached hydrogens (tertiary/aromatic N) is 1. The number of amides is 1. The molecule has 1 saturated heterocycles. The number of piperidine rings is 1. The van der Waals surface area contributed by atoms with Gasteiger partial charge >= 0.3 is 0 Å². The minimum Gasteiger partial charge on any atom is -0.335 e. The molecule has 1 unspecified atom stereocenters. The molecule has 0 aromatic heterocycles. The molecule has 7 heteroatoms. The van der Waals surface area contributed by atoms with E-state index < -0.39 is 10.0 Å². The number of carbonyl (C=O) groups is 1. The average molecular weight is 340 g/mol. The highest BCUT2D eigenvalue weighted by atomic mass is 32.2. The molecule has 1 fully saturated rings. The van der Waals surface area contributed by atoms with E-state index in [2.05, 4.69) is 4.72 Å². The largest absolute Gasteiger partial charge is 0.335 e. The van der Waals surface area contributed by atoms with Crippen molar-refractivity contribution in [2.24, 2.45) is 0 Å². The minimum atomic E-state index is -3.28. The van der Waals surface area contributed by atoms with Crippen LogP contribution in [0.3, 0.4) is 0 Å². The minimum absolute atomic E-state index is 0.150. The number of carbonyl (C=O) groups excluding carboxylic acids is 1. The Hall–Kier alpha value is -1.73. The van der Waals surface area contributed by atoms with Crippen LogP contribution in [-0.2, 0) is 14.8 Å². The van der Waals surface area contributed by atoms with Crippen LogP contribution in [0.2, 0.25) is 0 Å². The molecule has 0 bridgehead atoms. The summed E-state index contributed by atoms with van der Waals surface area (Å²) in [7, 11) is -3.28. The molecule has 1 aliphatic rings. The van der Waals surface area contributed by atoms with Crippen molar-refractivity contribution in [3.63, 3.8) is 0 Å². The molecule has 0 spiro atoms. The fourth-order valence-corrected chi connectivity index (χ4v) is 3.12. The lowest BCUT2D eigenvalue weighted by atomic mass is 10.0. The molecule has 1 atom stereocenters. The van der Waals surface area contributed by atoms with Crippen LogP contribution in [0.5, 0.6) is 0 Å². The van der Waals surface area contributed by atoms with E-state index in [4.69, 9.17) is 0 Å². The highest BCUT2D eigenvalue weighted by molar-refractivity contribution is 7.88. The summed E-state index contributed by atoms with van der Waals surface area (Å²) in [6.45, 7) is 0.820. The molecule has 1 aromatic carbocycles. The summed E-state index contributed by atoms with van der Waals surface area (Å²) in [4.78, 5) is 14.0. The van der Waals surface area contributed by atoms with Crippen LogP contribution in [0, 0.1) is 5.82 Å². The van der Waals surface area contributed by atoms with Crippen molar-refractivity contribution in [3.8, 4) is 0 Å². The highest BCUT2D eigenvalue weighted by Gasteiger charge is 2.25. The van der Waals surface area contributed by atoms with Gasteiger partial charge in [0.05, 0.1) is 6.26 Å². The number of halogens is 1. The monoisotopic (exact) mass is 340 g/mol. The molecule has 0 saturated carbocycles. The van der Waals surface area contributed by atoms with Crippen LogP contribution in [0.15, 0.2) is 30.3 Å². The molecular weight excluding hydrogens is 319 g/mol. The van der Waals surface area contributed by atoms with Crippen LogP contribution in [0.1, 0.15) is 24.8 Å². The van der Waals surface area contributed by atoms with Crippen LogP contribution < -0.4 is 4.72 Å². The maximum Gasteiger partial charge on any atom is 0.246 e. The summed E-state index contributed by atoms with van der Waals surface area (Å²) >= 11 is 0. The van der Waals surface area contributed by atoms with Gasteiger partial charge in [0.25, 0.3) is 0 Å². The Morgan fingerprint density at radius 3 is 2.91 bits per heavy atom. The molecule has 2 rings (SSSR count). The van der Waals surface area contributed by atoms with Crippen molar-refractivity contribution in [1.29, 1.82) is 0 Å². The van der Waals surface area contributed by atoms with Crippen molar-refractivity contribution < 1.29 is 17.6 Å². The molecule has 0 aliphatic carbocycles. The summed E-state index contributed by atoms with van der Waals surface area (Å²) in [5.41, 5.74) is 0.612. The molecule has 0 radical (unpaired) electrons. The first-order valence-electron chi connectivity index (χ1n) is 7.54. The standard InChI is InChI=1S/C16H21FN2O3S/c1-23(21,22)18-12-15-7-2-3-10-19(15)16(20)9-8-13-5-4-6-14(17)11-13/h4-6,8-9,11,15,18H,2-3,7,10,12H2,1H3/b9-8+. The van der Waals surface area contributed by atoms with E-state index in [1.807, 2.05) is 0 Å². The zero-order valence-corrected chi connectivity index (χ0v) is 13.9. The van der Waals surface area contributed by atoms with E-state index in [0.717, 1.165) is 25.5 Å². The van der Waals surface area contributed by atoms with E-state index >= 15 is 0 Å². The van der Waals surface area contributed by atoms with Gasteiger partial charge in [0.1, 0.15) is 5.82 Å². The molecule has 23 heavy (non-hydrogen) atoms. The second-order valence-electron chi connectivity index (χ2n) is 5.69. The van der Waals surface area contributed by atoms with Crippen molar-refractivity contribution in [3.05, 3.63) is 41.7 Å². The molecule has 1 amide bonds. The predicted molar refractivity (Wildman–Crippen MR) is 87.6 cm³/mol. The molecule has 126 valence electrons. The number of likely N-dealkylation sites (tertiary alicyclic amines) is 1. The molecule has 1 aromatic rings. The van der Waals surface area contributed by atoms with Crippen molar-refractivity contribution in [2.45, 2.75) is 25.3 Å². The zero-order chi connectivity index (χ0) is 16.9. The quantitative estimate of drug-likeness (QED) is 0.831. The van der Waals surface area contributed by atoms with Crippen molar-refractivity contribution in [1.82, 2.24) is 9.62 Å². The Morgan fingerprint density at radius 2 is 2.22 bits per heavy atom. The maximum atomic E-state index is 13.1. The van der Waals surface area contributed by atoms with Crippen LogP contribution in [-0.4, -0.2) is 44.6 Å². The number of sulfonamides is 1. The summed E-state index contributed by atoms with van der Waals surface area (Å²) in [5, 5.41) is 0. The van der Waals surface area contributed by atoms with Gasteiger partial charge in [-0.15, -0.1) is 0 Å². The Kier molecular flexibility index (Phi) is 5.90. The van der Waals surface area contributed by atoms with Crippen LogP contribution in [0.25, 0.3) is 6.08 Å². The van der Waals surface area contributed by atoms with Gasteiger partial charge < -0.3 is 4.90 Å². The van der Waals surface area contributed by atoms with E-state index in [9.17, 15) is 17.6 Å². The SMILES string of the molecule is CS(=O)(=O)NCC1CCCCN1C(=O)/C=C/c1cccc(F)c1. The fourth-order valence-electron chi connectivity index (χ4n) is 2.62. The van der Waals surface area contributed by atoms with E-state index in [-0.39, 0.29) is 24.3 Å². The predicted octanol–water partition coefficient (Wildman–Crippen LogP) is 1.77. The van der Waals surface area contributed by atoms with Gasteiger partial charge in [-0.3, -0.25) is 4.79 Å². The lowest BCUT2D eigenvalue weighted by Crippen LogP contribution is -2.48. The third-order valence-electron chi connectivity index (χ3n) is 3.76. The molecule has 5 nitrogen and oxygen atoms in total. The summed E-state index contributed by atoms with van der Waals surface area (Å²) in [5.74, 6) is -0.540. The van der Waals surface area contributed by atoms with Gasteiger partial charge in [-0.1, -0.05) is 12.1 Å². The lowest BCUT2D eigenvalue weighted by molar-refractivity contribution is -0.129. The first-order valence-corrected chi connectivity index (χ1v) is 9.43.